The van der Waals surface area contributed by atoms with Crippen molar-refractivity contribution in [2.75, 3.05) is 0 Å². The Labute approximate surface area is 148 Å². The average Bonchev–Trinajstić information content (AvgIpc) is 3.22. The van der Waals surface area contributed by atoms with Crippen LogP contribution in [0.25, 0.3) is 20.2 Å². The molecule has 3 nitrogen and oxygen atoms in total. The van der Waals surface area contributed by atoms with E-state index >= 15 is 0 Å². The fraction of sp³-hybridized carbons (Fsp3) is 0.158. The normalized spacial score (nSPS) is 10.8. The zero-order chi connectivity index (χ0) is 17.3. The lowest BCUT2D eigenvalue weighted by Crippen LogP contribution is -2.05. The van der Waals surface area contributed by atoms with Crippen molar-refractivity contribution < 1.29 is 14.7 Å². The summed E-state index contributed by atoms with van der Waals surface area (Å²) in [5.74, 6) is -0.872. The molecule has 0 atom stereocenters. The van der Waals surface area contributed by atoms with E-state index in [-0.39, 0.29) is 0 Å². The molecule has 0 fully saturated rings. The van der Waals surface area contributed by atoms with Crippen molar-refractivity contribution in [2.24, 2.45) is 0 Å². The maximum atomic E-state index is 11.4. The third-order valence-corrected chi connectivity index (χ3v) is 6.23. The van der Waals surface area contributed by atoms with E-state index in [1.165, 1.54) is 11.3 Å². The highest BCUT2D eigenvalue weighted by molar-refractivity contribution is 7.24. The fourth-order valence-electron chi connectivity index (χ4n) is 2.76. The molecule has 3 aromatic rings. The van der Waals surface area contributed by atoms with Crippen LogP contribution in [-0.2, 0) is 6.42 Å². The number of thiophene rings is 2. The molecule has 24 heavy (non-hydrogen) atoms. The summed E-state index contributed by atoms with van der Waals surface area (Å²) in [6, 6.07) is 11.8. The van der Waals surface area contributed by atoms with Crippen LogP contribution in [0.1, 0.15) is 38.1 Å². The smallest absolute Gasteiger partial charge is 0.336 e. The number of hydrogen-bond donors (Lipinski definition) is 1. The monoisotopic (exact) mass is 356 g/mol. The second-order valence-corrected chi connectivity index (χ2v) is 7.67. The molecule has 122 valence electrons. The van der Waals surface area contributed by atoms with Crippen molar-refractivity contribution in [1.29, 1.82) is 0 Å². The van der Waals surface area contributed by atoms with E-state index in [2.05, 4.69) is 6.07 Å². The predicted molar refractivity (Wildman–Crippen MR) is 99.5 cm³/mol. The molecular formula is C19H16O3S2. The van der Waals surface area contributed by atoms with Gasteiger partial charge in [0.2, 0.25) is 0 Å². The van der Waals surface area contributed by atoms with Gasteiger partial charge >= 0.3 is 5.97 Å². The van der Waals surface area contributed by atoms with Gasteiger partial charge in [-0.25, -0.2) is 4.79 Å². The summed E-state index contributed by atoms with van der Waals surface area (Å²) in [5, 5.41) is 9.39. The number of carbonyl (C=O) groups is 2. The van der Waals surface area contributed by atoms with Crippen LogP contribution in [0, 0.1) is 6.92 Å². The molecule has 2 aromatic heterocycles. The van der Waals surface area contributed by atoms with Gasteiger partial charge in [0.05, 0.1) is 10.4 Å². The van der Waals surface area contributed by atoms with E-state index < -0.39 is 5.97 Å². The quantitative estimate of drug-likeness (QED) is 0.612. The highest BCUT2D eigenvalue weighted by Gasteiger charge is 2.15. The van der Waals surface area contributed by atoms with Crippen LogP contribution in [0.15, 0.2) is 36.4 Å². The molecule has 0 saturated carbocycles. The van der Waals surface area contributed by atoms with Gasteiger partial charge in [-0.3, -0.25) is 4.79 Å². The van der Waals surface area contributed by atoms with E-state index in [0.29, 0.717) is 12.0 Å². The van der Waals surface area contributed by atoms with Crippen molar-refractivity contribution in [1.82, 2.24) is 0 Å². The number of aryl methyl sites for hydroxylation is 2. The van der Waals surface area contributed by atoms with Gasteiger partial charge in [0, 0.05) is 14.6 Å². The second kappa shape index (κ2) is 6.71. The third-order valence-electron chi connectivity index (χ3n) is 3.89. The van der Waals surface area contributed by atoms with Crippen molar-refractivity contribution in [3.05, 3.63) is 58.0 Å². The molecule has 5 heteroatoms. The maximum absolute atomic E-state index is 11.4. The lowest BCUT2D eigenvalue weighted by atomic mass is 9.96. The maximum Gasteiger partial charge on any atom is 0.336 e. The summed E-state index contributed by atoms with van der Waals surface area (Å²) in [6.07, 6.45) is 1.55. The Balaban J connectivity index is 2.02. The zero-order valence-electron chi connectivity index (χ0n) is 13.3. The van der Waals surface area contributed by atoms with E-state index in [9.17, 15) is 14.7 Å². The molecule has 2 heterocycles. The minimum absolute atomic E-state index is 0.409. The summed E-state index contributed by atoms with van der Waals surface area (Å²) in [7, 11) is 0. The number of hydrogen-bond acceptors (Lipinski definition) is 4. The summed E-state index contributed by atoms with van der Waals surface area (Å²) < 4.78 is 0. The topological polar surface area (TPSA) is 54.4 Å². The molecule has 0 aliphatic heterocycles. The SMILES string of the molecule is CCc1cc(-c2ccc(-c3ccc(C=O)s3)s2)cc(C)c1C(=O)O. The van der Waals surface area contributed by atoms with Crippen LogP contribution in [0.3, 0.4) is 0 Å². The number of carboxylic acids is 1. The molecule has 0 unspecified atom stereocenters. The summed E-state index contributed by atoms with van der Waals surface area (Å²) in [4.78, 5) is 26.3. The highest BCUT2D eigenvalue weighted by Crippen LogP contribution is 2.38. The Morgan fingerprint density at radius 2 is 1.75 bits per heavy atom. The first-order valence-corrected chi connectivity index (χ1v) is 9.19. The number of benzene rings is 1. The number of carbonyl (C=O) groups excluding carboxylic acids is 1. The van der Waals surface area contributed by atoms with Crippen molar-refractivity contribution in [3.8, 4) is 20.2 Å². The van der Waals surface area contributed by atoms with E-state index in [1.54, 1.807) is 11.3 Å². The van der Waals surface area contributed by atoms with Gasteiger partial charge < -0.3 is 5.11 Å². The Kier molecular flexibility index (Phi) is 4.64. The summed E-state index contributed by atoms with van der Waals surface area (Å²) in [5.41, 5.74) is 3.09. The van der Waals surface area contributed by atoms with Gasteiger partial charge in [0.1, 0.15) is 0 Å². The third kappa shape index (κ3) is 3.05. The van der Waals surface area contributed by atoms with Crippen LogP contribution in [0.5, 0.6) is 0 Å². The molecule has 0 spiro atoms. The Morgan fingerprint density at radius 1 is 1.08 bits per heavy atom. The number of rotatable bonds is 5. The summed E-state index contributed by atoms with van der Waals surface area (Å²) >= 11 is 3.13. The van der Waals surface area contributed by atoms with Crippen LogP contribution in [0.4, 0.5) is 0 Å². The Morgan fingerprint density at radius 3 is 2.38 bits per heavy atom. The molecule has 0 aliphatic rings. The first-order chi connectivity index (χ1) is 11.5. The van der Waals surface area contributed by atoms with Gasteiger partial charge in [-0.1, -0.05) is 6.92 Å². The first kappa shape index (κ1) is 16.6. The van der Waals surface area contributed by atoms with Crippen LogP contribution < -0.4 is 0 Å². The highest BCUT2D eigenvalue weighted by atomic mass is 32.1. The van der Waals surface area contributed by atoms with Crippen LogP contribution >= 0.6 is 22.7 Å². The van der Waals surface area contributed by atoms with Gasteiger partial charge in [-0.05, 0) is 66.4 Å². The van der Waals surface area contributed by atoms with Crippen molar-refractivity contribution in [3.63, 3.8) is 0 Å². The predicted octanol–water partition coefficient (Wildman–Crippen LogP) is 5.53. The second-order valence-electron chi connectivity index (χ2n) is 5.47. The van der Waals surface area contributed by atoms with E-state index in [0.717, 1.165) is 42.5 Å². The first-order valence-electron chi connectivity index (χ1n) is 7.56. The molecular weight excluding hydrogens is 340 g/mol. The molecule has 0 bridgehead atoms. The largest absolute Gasteiger partial charge is 0.478 e. The van der Waals surface area contributed by atoms with Crippen molar-refractivity contribution >= 4 is 34.9 Å². The Hall–Kier alpha value is -2.24. The molecule has 0 amide bonds. The van der Waals surface area contributed by atoms with Gasteiger partial charge in [0.15, 0.2) is 6.29 Å². The molecule has 0 saturated heterocycles. The lowest BCUT2D eigenvalue weighted by Gasteiger charge is -2.10. The van der Waals surface area contributed by atoms with E-state index in [4.69, 9.17) is 0 Å². The molecule has 0 aliphatic carbocycles. The lowest BCUT2D eigenvalue weighted by molar-refractivity contribution is 0.0695. The van der Waals surface area contributed by atoms with Crippen LogP contribution in [-0.4, -0.2) is 17.4 Å². The zero-order valence-corrected chi connectivity index (χ0v) is 15.0. The Bertz CT molecular complexity index is 919. The van der Waals surface area contributed by atoms with Gasteiger partial charge in [-0.2, -0.15) is 0 Å². The summed E-state index contributed by atoms with van der Waals surface area (Å²) in [6.45, 7) is 3.81. The minimum Gasteiger partial charge on any atom is -0.478 e. The molecule has 3 rings (SSSR count). The molecule has 1 N–H and O–H groups in total. The molecule has 0 radical (unpaired) electrons. The van der Waals surface area contributed by atoms with Gasteiger partial charge in [-0.15, -0.1) is 22.7 Å². The standard InChI is InChI=1S/C19H16O3S2/c1-3-12-9-13(8-11(2)18(12)19(21)22)15-6-7-17(24-15)16-5-4-14(10-20)23-16/h4-10H,3H2,1-2H3,(H,21,22). The number of carboxylic acid groups (broad SMARTS) is 1. The average molecular weight is 356 g/mol. The number of aromatic carboxylic acids is 1. The van der Waals surface area contributed by atoms with Crippen LogP contribution in [0.2, 0.25) is 0 Å². The number of aldehydes is 1. The minimum atomic E-state index is -0.872. The van der Waals surface area contributed by atoms with E-state index in [1.807, 2.05) is 44.2 Å². The molecule has 1 aromatic carbocycles. The van der Waals surface area contributed by atoms with Gasteiger partial charge in [0.25, 0.3) is 0 Å². The fourth-order valence-corrected chi connectivity index (χ4v) is 4.67. The van der Waals surface area contributed by atoms with Crippen molar-refractivity contribution in [2.45, 2.75) is 20.3 Å².